The summed E-state index contributed by atoms with van der Waals surface area (Å²) in [4.78, 5) is 2.88. The Kier molecular flexibility index (Phi) is 5.53. The Bertz CT molecular complexity index is 374. The second kappa shape index (κ2) is 5.38. The first kappa shape index (κ1) is 16.4. The molecule has 0 aliphatic rings. The number of halogens is 6. The van der Waals surface area contributed by atoms with E-state index >= 15 is 0 Å². The number of rotatable bonds is 1. The first-order valence-corrected chi connectivity index (χ1v) is 3.87. The minimum Gasteiger partial charge on any atom is -0.445 e. The van der Waals surface area contributed by atoms with E-state index in [-0.39, 0.29) is 51.4 Å². The van der Waals surface area contributed by atoms with Crippen LogP contribution in [0.4, 0.5) is 26.1 Å². The van der Waals surface area contributed by atoms with Crippen LogP contribution in [0.5, 0.6) is 0 Å². The predicted octanol–water partition coefficient (Wildman–Crippen LogP) is -0.533. The molecule has 0 spiro atoms. The van der Waals surface area contributed by atoms with Crippen molar-refractivity contribution in [1.82, 2.24) is 4.98 Å². The van der Waals surface area contributed by atoms with E-state index in [0.717, 1.165) is 6.92 Å². The molecule has 16 heavy (non-hydrogen) atoms. The second-order valence-corrected chi connectivity index (χ2v) is 2.94. The number of nitrogens with zero attached hydrogens (tertiary/aromatic N) is 1. The summed E-state index contributed by atoms with van der Waals surface area (Å²) in [6, 6.07) is 0.739. The van der Waals surface area contributed by atoms with Crippen molar-refractivity contribution in [1.29, 1.82) is 0 Å². The Hall–Kier alpha value is 0.431. The molecule has 1 aromatic rings. The van der Waals surface area contributed by atoms with Gasteiger partial charge in [0.15, 0.2) is 0 Å². The smallest absolute Gasteiger partial charge is 0.445 e. The summed E-state index contributed by atoms with van der Waals surface area (Å²) in [5.74, 6) is 0. The molecule has 0 fully saturated rings. The van der Waals surface area contributed by atoms with Crippen LogP contribution in [-0.2, 0) is 6.18 Å². The first-order chi connectivity index (χ1) is 6.62. The molecular weight excluding hydrogens is 262 g/mol. The third-order valence-corrected chi connectivity index (χ3v) is 1.77. The minimum absolute atomic E-state index is 0. The van der Waals surface area contributed by atoms with Crippen molar-refractivity contribution in [2.75, 3.05) is 0 Å². The minimum atomic E-state index is -5.31. The number of pyridine rings is 1. The van der Waals surface area contributed by atoms with Gasteiger partial charge in [-0.25, -0.2) is 0 Å². The monoisotopic (exact) mass is 267 g/mol. The molecule has 1 nitrogen and oxygen atoms in total. The standard InChI is InChI=1S/C7H5BF6N.K/c1-4-5(8(12,13)14)2-3-6(15-4)7(9,10)11;/h2-3H,1H3;/q-1;+1. The molecule has 0 saturated carbocycles. The van der Waals surface area contributed by atoms with E-state index in [2.05, 4.69) is 4.98 Å². The zero-order chi connectivity index (χ0) is 11.9. The Morgan fingerprint density at radius 1 is 1.12 bits per heavy atom. The Labute approximate surface area is 130 Å². The van der Waals surface area contributed by atoms with Crippen LogP contribution in [0.1, 0.15) is 11.4 Å². The van der Waals surface area contributed by atoms with Crippen LogP contribution in [0.3, 0.4) is 0 Å². The summed E-state index contributed by atoms with van der Waals surface area (Å²) in [5, 5.41) is 0. The number of aromatic nitrogens is 1. The number of hydrogen-bond acceptors (Lipinski definition) is 1. The average Bonchev–Trinajstić information content (AvgIpc) is 1.99. The Morgan fingerprint density at radius 2 is 1.62 bits per heavy atom. The van der Waals surface area contributed by atoms with Gasteiger partial charge in [-0.1, -0.05) is 11.5 Å². The molecule has 1 rings (SSSR count). The van der Waals surface area contributed by atoms with Crippen LogP contribution in [0.2, 0.25) is 0 Å². The zero-order valence-electron chi connectivity index (χ0n) is 8.45. The molecular formula is C7H5BF6KN. The molecule has 0 atom stereocenters. The van der Waals surface area contributed by atoms with Gasteiger partial charge in [-0.3, -0.25) is 4.98 Å². The Balaban J connectivity index is 0.00000225. The fourth-order valence-electron chi connectivity index (χ4n) is 1.08. The third-order valence-electron chi connectivity index (χ3n) is 1.77. The van der Waals surface area contributed by atoms with E-state index < -0.39 is 30.0 Å². The van der Waals surface area contributed by atoms with Gasteiger partial charge in [0, 0.05) is 5.69 Å². The van der Waals surface area contributed by atoms with Gasteiger partial charge in [-0.2, -0.15) is 13.2 Å². The zero-order valence-corrected chi connectivity index (χ0v) is 11.6. The van der Waals surface area contributed by atoms with Gasteiger partial charge < -0.3 is 12.9 Å². The quantitative estimate of drug-likeness (QED) is 0.492. The van der Waals surface area contributed by atoms with Gasteiger partial charge >= 0.3 is 64.5 Å². The van der Waals surface area contributed by atoms with Gasteiger partial charge in [-0.15, -0.1) is 0 Å². The van der Waals surface area contributed by atoms with Crippen molar-refractivity contribution in [3.8, 4) is 0 Å². The van der Waals surface area contributed by atoms with Crippen molar-refractivity contribution < 1.29 is 77.5 Å². The fourth-order valence-corrected chi connectivity index (χ4v) is 1.08. The van der Waals surface area contributed by atoms with Crippen molar-refractivity contribution in [3.05, 3.63) is 23.5 Å². The van der Waals surface area contributed by atoms with Crippen LogP contribution in [0, 0.1) is 6.92 Å². The summed E-state index contributed by atoms with van der Waals surface area (Å²) in [5.41, 5.74) is -3.07. The molecule has 9 heteroatoms. The van der Waals surface area contributed by atoms with E-state index in [9.17, 15) is 26.1 Å². The SMILES string of the molecule is Cc1nc(C(F)(F)F)ccc1[B-](F)(F)F.[K+]. The molecule has 0 unspecified atom stereocenters. The maximum atomic E-state index is 12.2. The van der Waals surface area contributed by atoms with E-state index in [1.807, 2.05) is 0 Å². The summed E-state index contributed by atoms with van der Waals surface area (Å²) < 4.78 is 72.8. The number of alkyl halides is 3. The number of aryl methyl sites for hydroxylation is 1. The molecule has 1 aromatic heterocycles. The summed E-state index contributed by atoms with van der Waals surface area (Å²) >= 11 is 0. The van der Waals surface area contributed by atoms with Gasteiger partial charge in [0.05, 0.1) is 0 Å². The first-order valence-electron chi connectivity index (χ1n) is 3.87. The van der Waals surface area contributed by atoms with Gasteiger partial charge in [0.2, 0.25) is 0 Å². The largest absolute Gasteiger partial charge is 1.00 e. The summed E-state index contributed by atoms with van der Waals surface area (Å²) in [6.07, 6.45) is -4.72. The van der Waals surface area contributed by atoms with Crippen LogP contribution >= 0.6 is 0 Å². The van der Waals surface area contributed by atoms with E-state index in [0.29, 0.717) is 12.1 Å². The topological polar surface area (TPSA) is 12.9 Å². The molecule has 0 aliphatic carbocycles. The van der Waals surface area contributed by atoms with Crippen molar-refractivity contribution >= 4 is 12.4 Å². The van der Waals surface area contributed by atoms with Crippen LogP contribution in [0.25, 0.3) is 0 Å². The van der Waals surface area contributed by atoms with Gasteiger partial charge in [0.25, 0.3) is 0 Å². The third kappa shape index (κ3) is 4.03. The van der Waals surface area contributed by atoms with Crippen molar-refractivity contribution in [2.45, 2.75) is 13.1 Å². The molecule has 0 aliphatic heterocycles. The van der Waals surface area contributed by atoms with Crippen molar-refractivity contribution in [3.63, 3.8) is 0 Å². The number of hydrogen-bond donors (Lipinski definition) is 0. The fraction of sp³-hybridized carbons (Fsp3) is 0.286. The molecule has 0 N–H and O–H groups in total. The maximum Gasteiger partial charge on any atom is 1.00 e. The Morgan fingerprint density at radius 3 is 1.94 bits per heavy atom. The van der Waals surface area contributed by atoms with Crippen LogP contribution in [-0.4, -0.2) is 12.0 Å². The normalized spacial score (nSPS) is 12.2. The second-order valence-electron chi connectivity index (χ2n) is 2.94. The van der Waals surface area contributed by atoms with Gasteiger partial charge in [0.1, 0.15) is 5.69 Å². The maximum absolute atomic E-state index is 12.2. The van der Waals surface area contributed by atoms with Gasteiger partial charge in [-0.05, 0) is 13.0 Å². The predicted molar refractivity (Wildman–Crippen MR) is 42.7 cm³/mol. The molecule has 0 saturated heterocycles. The van der Waals surface area contributed by atoms with E-state index in [1.54, 1.807) is 0 Å². The van der Waals surface area contributed by atoms with Crippen LogP contribution in [0.15, 0.2) is 12.1 Å². The molecule has 1 heterocycles. The molecule has 0 aromatic carbocycles. The molecule has 0 amide bonds. The van der Waals surface area contributed by atoms with Crippen molar-refractivity contribution in [2.24, 2.45) is 0 Å². The molecule has 0 radical (unpaired) electrons. The summed E-state index contributed by atoms with van der Waals surface area (Å²) in [7, 11) is 0. The van der Waals surface area contributed by atoms with Crippen LogP contribution < -0.4 is 56.8 Å². The van der Waals surface area contributed by atoms with E-state index in [1.165, 1.54) is 0 Å². The molecule has 0 bridgehead atoms. The average molecular weight is 267 g/mol. The summed E-state index contributed by atoms with van der Waals surface area (Å²) in [6.45, 7) is -4.41. The van der Waals surface area contributed by atoms with E-state index in [4.69, 9.17) is 0 Å². The molecule has 84 valence electrons.